The lowest BCUT2D eigenvalue weighted by Crippen LogP contribution is -2.40. The molecule has 0 unspecified atom stereocenters. The van der Waals surface area contributed by atoms with E-state index in [9.17, 15) is 22.8 Å². The van der Waals surface area contributed by atoms with Crippen LogP contribution < -0.4 is 31.8 Å². The van der Waals surface area contributed by atoms with Crippen molar-refractivity contribution in [2.45, 2.75) is 30.3 Å². The average molecular weight is 513 g/mol. The van der Waals surface area contributed by atoms with Crippen molar-refractivity contribution >= 4 is 45.5 Å². The highest BCUT2D eigenvalue weighted by atomic mass is 35.5. The minimum Gasteiger partial charge on any atom is -0.495 e. The van der Waals surface area contributed by atoms with Gasteiger partial charge in [0.1, 0.15) is 29.2 Å². The fourth-order valence-electron chi connectivity index (χ4n) is 2.90. The van der Waals surface area contributed by atoms with Crippen molar-refractivity contribution in [1.82, 2.24) is 9.88 Å². The first-order chi connectivity index (χ1) is 16.1. The zero-order valence-electron chi connectivity index (χ0n) is 18.2. The minimum atomic E-state index is -4.24. The molecule has 0 radical (unpaired) electrons. The number of ether oxygens (including phenoxy) is 1. The molecule has 1 heterocycles. The van der Waals surface area contributed by atoms with Crippen LogP contribution in [0.2, 0.25) is 5.02 Å². The van der Waals surface area contributed by atoms with Gasteiger partial charge in [0.2, 0.25) is 5.91 Å². The number of aliphatic imine (C=N–C) groups is 1. The first kappa shape index (κ1) is 26.7. The van der Waals surface area contributed by atoms with Gasteiger partial charge in [0.25, 0.3) is 15.6 Å². The molecule has 0 aliphatic heterocycles. The molecule has 184 valence electrons. The Bertz CT molecular complexity index is 1230. The largest absolute Gasteiger partial charge is 0.495 e. The maximum Gasteiger partial charge on any atom is 0.275 e. The number of aldehydes is 1. The number of hydrogen-bond acceptors (Lipinski definition) is 7. The highest BCUT2D eigenvalue weighted by Gasteiger charge is 2.22. The summed E-state index contributed by atoms with van der Waals surface area (Å²) in [5.41, 5.74) is 9.40. The summed E-state index contributed by atoms with van der Waals surface area (Å²) in [5.74, 6) is -0.653. The van der Waals surface area contributed by atoms with Gasteiger partial charge in [-0.05, 0) is 43.2 Å². The third-order valence-electron chi connectivity index (χ3n) is 4.47. The number of benzene rings is 1. The number of sulfonamides is 1. The average Bonchev–Trinajstić information content (AvgIpc) is 2.78. The number of halogens is 1. The van der Waals surface area contributed by atoms with Gasteiger partial charge in [-0.15, -0.1) is 0 Å². The van der Waals surface area contributed by atoms with E-state index in [1.807, 2.05) is 0 Å². The Kier molecular flexibility index (Phi) is 9.45. The maximum absolute atomic E-state index is 12.8. The van der Waals surface area contributed by atoms with E-state index < -0.39 is 34.1 Å². The molecule has 1 amide bonds. The maximum atomic E-state index is 12.8. The zero-order valence-corrected chi connectivity index (χ0v) is 19.8. The SMILES string of the molecule is COc1ccc(Cl)cc1S(=O)(=O)Nc1cccn(CC(=O)N[C@H](C=O)CCCN=C(N)N)c1=O. The van der Waals surface area contributed by atoms with Gasteiger partial charge in [-0.1, -0.05) is 11.6 Å². The Balaban J connectivity index is 2.13. The molecule has 1 atom stereocenters. The standard InChI is InChI=1S/C20H25ClN6O6S/c1-33-16-7-6-13(21)10-17(16)34(31,32)26-15-5-3-9-27(19(15)30)11-18(29)25-14(12-28)4-2-8-24-20(22)23/h3,5-7,9-10,12,14,26H,2,4,8,11H2,1H3,(H,25,29)(H4,22,23,24)/t14-/m0/s1. The van der Waals surface area contributed by atoms with Gasteiger partial charge >= 0.3 is 0 Å². The molecule has 0 spiro atoms. The molecule has 0 saturated heterocycles. The third kappa shape index (κ3) is 7.49. The highest BCUT2D eigenvalue weighted by Crippen LogP contribution is 2.28. The summed E-state index contributed by atoms with van der Waals surface area (Å²) < 4.78 is 33.9. The second kappa shape index (κ2) is 12.0. The summed E-state index contributed by atoms with van der Waals surface area (Å²) in [6.45, 7) is -0.144. The van der Waals surface area contributed by atoms with Crippen LogP contribution in [-0.4, -0.2) is 50.8 Å². The smallest absolute Gasteiger partial charge is 0.275 e. The lowest BCUT2D eigenvalue weighted by atomic mass is 10.2. The lowest BCUT2D eigenvalue weighted by Gasteiger charge is -2.14. The summed E-state index contributed by atoms with van der Waals surface area (Å²) in [6, 6.07) is 5.88. The quantitative estimate of drug-likeness (QED) is 0.133. The normalized spacial score (nSPS) is 11.8. The molecular formula is C20H25ClN6O6S. The third-order valence-corrected chi connectivity index (χ3v) is 6.09. The number of hydrogen-bond donors (Lipinski definition) is 4. The Labute approximate surface area is 201 Å². The number of rotatable bonds is 12. The zero-order chi connectivity index (χ0) is 25.3. The predicted octanol–water partition coefficient (Wildman–Crippen LogP) is 0.0484. The summed E-state index contributed by atoms with van der Waals surface area (Å²) in [6.07, 6.45) is 2.63. The van der Waals surface area contributed by atoms with Gasteiger partial charge in [0.05, 0.1) is 13.2 Å². The van der Waals surface area contributed by atoms with Crippen LogP contribution in [0.3, 0.4) is 0 Å². The topological polar surface area (TPSA) is 188 Å². The van der Waals surface area contributed by atoms with Crippen LogP contribution in [0.15, 0.2) is 51.2 Å². The van der Waals surface area contributed by atoms with Crippen molar-refractivity contribution < 1.29 is 22.7 Å². The number of pyridine rings is 1. The summed E-state index contributed by atoms with van der Waals surface area (Å²) in [7, 11) is -2.94. The van der Waals surface area contributed by atoms with Crippen LogP contribution in [-0.2, 0) is 26.2 Å². The molecule has 12 nitrogen and oxygen atoms in total. The van der Waals surface area contributed by atoms with Crippen LogP contribution in [0.5, 0.6) is 5.75 Å². The fraction of sp³-hybridized carbons (Fsp3) is 0.300. The number of carbonyl (C=O) groups is 2. The van der Waals surface area contributed by atoms with Gasteiger partial charge < -0.3 is 30.9 Å². The molecule has 0 saturated carbocycles. The van der Waals surface area contributed by atoms with Gasteiger partial charge in [0, 0.05) is 17.8 Å². The number of carbonyl (C=O) groups excluding carboxylic acids is 2. The number of amides is 1. The molecule has 6 N–H and O–H groups in total. The van der Waals surface area contributed by atoms with Crippen molar-refractivity contribution in [2.75, 3.05) is 18.4 Å². The number of nitrogens with two attached hydrogens (primary N) is 2. The monoisotopic (exact) mass is 512 g/mol. The molecule has 0 aliphatic carbocycles. The van der Waals surface area contributed by atoms with Crippen molar-refractivity contribution in [3.05, 3.63) is 51.9 Å². The molecule has 2 aromatic rings. The Hall–Kier alpha value is -3.58. The Morgan fingerprint density at radius 2 is 2.06 bits per heavy atom. The lowest BCUT2D eigenvalue weighted by molar-refractivity contribution is -0.124. The second-order valence-corrected chi connectivity index (χ2v) is 9.10. The van der Waals surface area contributed by atoms with Gasteiger partial charge in [-0.3, -0.25) is 19.3 Å². The Morgan fingerprint density at radius 1 is 1.32 bits per heavy atom. The second-order valence-electron chi connectivity index (χ2n) is 7.01. The molecule has 1 aromatic heterocycles. The number of anilines is 1. The van der Waals surface area contributed by atoms with Crippen LogP contribution in [0.4, 0.5) is 5.69 Å². The van der Waals surface area contributed by atoms with E-state index in [0.29, 0.717) is 25.7 Å². The molecule has 14 heteroatoms. The number of aromatic nitrogens is 1. The van der Waals surface area contributed by atoms with Crippen LogP contribution in [0.25, 0.3) is 0 Å². The van der Waals surface area contributed by atoms with Gasteiger partial charge in [-0.2, -0.15) is 0 Å². The van der Waals surface area contributed by atoms with Crippen LogP contribution in [0.1, 0.15) is 12.8 Å². The molecular weight excluding hydrogens is 488 g/mol. The summed E-state index contributed by atoms with van der Waals surface area (Å²) in [4.78, 5) is 39.9. The van der Waals surface area contributed by atoms with E-state index in [1.54, 1.807) is 0 Å². The van der Waals surface area contributed by atoms with Crippen molar-refractivity contribution in [3.8, 4) is 5.75 Å². The summed E-state index contributed by atoms with van der Waals surface area (Å²) >= 11 is 5.90. The van der Waals surface area contributed by atoms with Crippen molar-refractivity contribution in [3.63, 3.8) is 0 Å². The number of nitrogens with zero attached hydrogens (tertiary/aromatic N) is 2. The van der Waals surface area contributed by atoms with E-state index in [1.165, 1.54) is 43.6 Å². The van der Waals surface area contributed by atoms with E-state index >= 15 is 0 Å². The van der Waals surface area contributed by atoms with Crippen molar-refractivity contribution in [1.29, 1.82) is 0 Å². The number of methoxy groups -OCH3 is 1. The van der Waals surface area contributed by atoms with Crippen LogP contribution >= 0.6 is 11.6 Å². The van der Waals surface area contributed by atoms with Crippen LogP contribution in [0, 0.1) is 0 Å². The number of nitrogens with one attached hydrogen (secondary N) is 2. The number of guanidine groups is 1. The molecule has 2 rings (SSSR count). The van der Waals surface area contributed by atoms with Gasteiger partial charge in [0.15, 0.2) is 5.96 Å². The van der Waals surface area contributed by atoms with Crippen molar-refractivity contribution in [2.24, 2.45) is 16.5 Å². The van der Waals surface area contributed by atoms with E-state index in [4.69, 9.17) is 27.8 Å². The molecule has 34 heavy (non-hydrogen) atoms. The molecule has 1 aromatic carbocycles. The first-order valence-corrected chi connectivity index (χ1v) is 11.8. The van der Waals surface area contributed by atoms with Gasteiger partial charge in [-0.25, -0.2) is 8.42 Å². The minimum absolute atomic E-state index is 0.0345. The predicted molar refractivity (Wildman–Crippen MR) is 127 cm³/mol. The Morgan fingerprint density at radius 3 is 2.71 bits per heavy atom. The first-order valence-electron chi connectivity index (χ1n) is 9.93. The van der Waals surface area contributed by atoms with E-state index in [2.05, 4.69) is 15.0 Å². The molecule has 0 fully saturated rings. The van der Waals surface area contributed by atoms with E-state index in [-0.39, 0.29) is 27.3 Å². The molecule has 0 aliphatic rings. The van der Waals surface area contributed by atoms with E-state index in [0.717, 1.165) is 4.57 Å². The summed E-state index contributed by atoms with van der Waals surface area (Å²) in [5, 5.41) is 2.66. The molecule has 0 bridgehead atoms. The highest BCUT2D eigenvalue weighted by molar-refractivity contribution is 7.92. The fourth-order valence-corrected chi connectivity index (χ4v) is 4.39.